The van der Waals surface area contributed by atoms with Crippen LogP contribution in [0.25, 0.3) is 10.8 Å². The lowest BCUT2D eigenvalue weighted by Crippen LogP contribution is -2.36. The third kappa shape index (κ3) is 6.51. The van der Waals surface area contributed by atoms with E-state index in [4.69, 9.17) is 0 Å². The zero-order chi connectivity index (χ0) is 20.8. The van der Waals surface area contributed by atoms with Crippen LogP contribution in [0.2, 0.25) is 0 Å². The molecule has 0 bridgehead atoms. The second kappa shape index (κ2) is 13.5. The van der Waals surface area contributed by atoms with Gasteiger partial charge >= 0.3 is 0 Å². The number of hydrogen-bond donors (Lipinski definition) is 0. The first-order valence-corrected chi connectivity index (χ1v) is 11.9. The zero-order valence-corrected chi connectivity index (χ0v) is 21.8. The van der Waals surface area contributed by atoms with E-state index in [1.54, 1.807) is 5.56 Å². The van der Waals surface area contributed by atoms with Gasteiger partial charge in [-0.15, -0.1) is 24.8 Å². The van der Waals surface area contributed by atoms with E-state index in [1.807, 2.05) is 0 Å². The van der Waals surface area contributed by atoms with Crippen molar-refractivity contribution in [3.05, 3.63) is 42.0 Å². The molecule has 2 aromatic rings. The first-order valence-electron chi connectivity index (χ1n) is 11.9. The lowest BCUT2D eigenvalue weighted by atomic mass is 9.92. The van der Waals surface area contributed by atoms with Crippen LogP contribution in [0.15, 0.2) is 36.4 Å². The van der Waals surface area contributed by atoms with E-state index in [0.29, 0.717) is 6.04 Å². The van der Waals surface area contributed by atoms with Crippen LogP contribution in [-0.4, -0.2) is 55.6 Å². The Bertz CT molecular complexity index is 769. The smallest absolute Gasteiger partial charge is 0.0552 e. The topological polar surface area (TPSA) is 9.72 Å². The monoisotopic (exact) mass is 467 g/mol. The number of rotatable bonds is 12. The number of anilines is 1. The molecule has 0 amide bonds. The number of benzene rings is 2. The van der Waals surface area contributed by atoms with E-state index in [2.05, 4.69) is 85.7 Å². The molecule has 31 heavy (non-hydrogen) atoms. The summed E-state index contributed by atoms with van der Waals surface area (Å²) in [5.41, 5.74) is 3.00. The Labute approximate surface area is 203 Å². The van der Waals surface area contributed by atoms with Gasteiger partial charge in [0.25, 0.3) is 0 Å². The molecule has 2 unspecified atom stereocenters. The van der Waals surface area contributed by atoms with Crippen LogP contribution >= 0.6 is 24.8 Å². The standard InChI is InChI=1S/C26H41N3.2ClH/c1-6-27(7-2)17-16-21(5)20-25-23-14-10-12-22-13-11-15-24(26(22)23)29(25)19-18-28(8-3)9-4;;/h10-15,21,25H,6-9,16-20H2,1-5H3;2*1H. The second-order valence-corrected chi connectivity index (χ2v) is 8.61. The van der Waals surface area contributed by atoms with Crippen LogP contribution in [-0.2, 0) is 0 Å². The third-order valence-corrected chi connectivity index (χ3v) is 6.97. The molecule has 0 saturated heterocycles. The second-order valence-electron chi connectivity index (χ2n) is 8.61. The quantitative estimate of drug-likeness (QED) is 0.346. The SMILES string of the molecule is CCN(CC)CCC(C)CC1c2cccc3cccc(c23)N1CCN(CC)CC.Cl.Cl. The summed E-state index contributed by atoms with van der Waals surface area (Å²) >= 11 is 0. The molecule has 0 spiro atoms. The summed E-state index contributed by atoms with van der Waals surface area (Å²) in [5, 5.41) is 2.89. The first-order chi connectivity index (χ1) is 14.1. The molecule has 5 heteroatoms. The molecule has 0 aromatic heterocycles. The molecule has 2 atom stereocenters. The largest absolute Gasteiger partial charge is 0.363 e. The van der Waals surface area contributed by atoms with E-state index in [9.17, 15) is 0 Å². The Balaban J connectivity index is 0.00000240. The van der Waals surface area contributed by atoms with Crippen LogP contribution in [0.5, 0.6) is 0 Å². The van der Waals surface area contributed by atoms with E-state index < -0.39 is 0 Å². The molecule has 0 saturated carbocycles. The Morgan fingerprint density at radius 1 is 0.839 bits per heavy atom. The summed E-state index contributed by atoms with van der Waals surface area (Å²) in [6.07, 6.45) is 2.53. The highest BCUT2D eigenvalue weighted by atomic mass is 35.5. The molecule has 1 aliphatic heterocycles. The van der Waals surface area contributed by atoms with E-state index >= 15 is 0 Å². The Morgan fingerprint density at radius 2 is 1.42 bits per heavy atom. The maximum Gasteiger partial charge on any atom is 0.0552 e. The van der Waals surface area contributed by atoms with Crippen molar-refractivity contribution in [3.63, 3.8) is 0 Å². The summed E-state index contributed by atoms with van der Waals surface area (Å²) in [7, 11) is 0. The lowest BCUT2D eigenvalue weighted by molar-refractivity contribution is 0.269. The Hall–Kier alpha value is -1.000. The maximum atomic E-state index is 2.71. The van der Waals surface area contributed by atoms with Crippen LogP contribution in [0.3, 0.4) is 0 Å². The highest BCUT2D eigenvalue weighted by molar-refractivity contribution is 6.00. The van der Waals surface area contributed by atoms with Crippen molar-refractivity contribution in [2.75, 3.05) is 50.7 Å². The maximum absolute atomic E-state index is 2.71. The van der Waals surface area contributed by atoms with E-state index in [1.165, 1.54) is 35.8 Å². The van der Waals surface area contributed by atoms with Gasteiger partial charge in [-0.25, -0.2) is 0 Å². The molecule has 176 valence electrons. The Morgan fingerprint density at radius 3 is 2.03 bits per heavy atom. The van der Waals surface area contributed by atoms with Gasteiger partial charge < -0.3 is 14.7 Å². The summed E-state index contributed by atoms with van der Waals surface area (Å²) in [4.78, 5) is 7.81. The van der Waals surface area contributed by atoms with Crippen LogP contribution < -0.4 is 4.90 Å². The summed E-state index contributed by atoms with van der Waals surface area (Å²) < 4.78 is 0. The summed E-state index contributed by atoms with van der Waals surface area (Å²) in [6.45, 7) is 19.6. The molecule has 1 heterocycles. The first kappa shape index (κ1) is 28.0. The van der Waals surface area contributed by atoms with Crippen molar-refractivity contribution in [2.24, 2.45) is 5.92 Å². The minimum absolute atomic E-state index is 0. The minimum atomic E-state index is 0. The molecule has 1 aliphatic rings. The van der Waals surface area contributed by atoms with Gasteiger partial charge in [0.05, 0.1) is 6.04 Å². The van der Waals surface area contributed by atoms with Gasteiger partial charge in [0.15, 0.2) is 0 Å². The molecule has 0 N–H and O–H groups in total. The summed E-state index contributed by atoms with van der Waals surface area (Å²) in [6, 6.07) is 14.3. The van der Waals surface area contributed by atoms with Crippen LogP contribution in [0.1, 0.15) is 59.1 Å². The van der Waals surface area contributed by atoms with Crippen molar-refractivity contribution >= 4 is 41.3 Å². The highest BCUT2D eigenvalue weighted by Crippen LogP contribution is 2.46. The van der Waals surface area contributed by atoms with Crippen molar-refractivity contribution in [3.8, 4) is 0 Å². The minimum Gasteiger partial charge on any atom is -0.363 e. The number of likely N-dealkylation sites (N-methyl/N-ethyl adjacent to an activating group) is 1. The summed E-state index contributed by atoms with van der Waals surface area (Å²) in [5.74, 6) is 0.723. The van der Waals surface area contributed by atoms with Gasteiger partial charge in [0.1, 0.15) is 0 Å². The average Bonchev–Trinajstić information content (AvgIpc) is 3.04. The predicted octanol–water partition coefficient (Wildman–Crippen LogP) is 6.64. The predicted molar refractivity (Wildman–Crippen MR) is 143 cm³/mol. The number of hydrogen-bond acceptors (Lipinski definition) is 3. The van der Waals surface area contributed by atoms with E-state index in [0.717, 1.165) is 45.2 Å². The molecule has 3 nitrogen and oxygen atoms in total. The van der Waals surface area contributed by atoms with Crippen molar-refractivity contribution < 1.29 is 0 Å². The van der Waals surface area contributed by atoms with Crippen molar-refractivity contribution in [1.29, 1.82) is 0 Å². The highest BCUT2D eigenvalue weighted by Gasteiger charge is 2.32. The fourth-order valence-corrected chi connectivity index (χ4v) is 4.96. The molecule has 2 aromatic carbocycles. The molecule has 3 rings (SSSR count). The fourth-order valence-electron chi connectivity index (χ4n) is 4.96. The van der Waals surface area contributed by atoms with Gasteiger partial charge in [0, 0.05) is 24.2 Å². The fraction of sp³-hybridized carbons (Fsp3) is 0.615. The van der Waals surface area contributed by atoms with Crippen molar-refractivity contribution in [1.82, 2.24) is 9.80 Å². The van der Waals surface area contributed by atoms with Crippen LogP contribution in [0.4, 0.5) is 5.69 Å². The van der Waals surface area contributed by atoms with Gasteiger partial charge in [-0.1, -0.05) is 65.0 Å². The third-order valence-electron chi connectivity index (χ3n) is 6.97. The molecule has 0 aliphatic carbocycles. The lowest BCUT2D eigenvalue weighted by Gasteiger charge is -2.33. The normalized spacial score (nSPS) is 16.0. The van der Waals surface area contributed by atoms with Crippen LogP contribution in [0, 0.1) is 5.92 Å². The van der Waals surface area contributed by atoms with Gasteiger partial charge in [0.2, 0.25) is 0 Å². The Kier molecular flexibility index (Phi) is 12.2. The number of nitrogens with zero attached hydrogens (tertiary/aromatic N) is 3. The number of halogens is 2. The van der Waals surface area contributed by atoms with Gasteiger partial charge in [-0.05, 0) is 68.5 Å². The molecular formula is C26H43Cl2N3. The average molecular weight is 469 g/mol. The molecule has 0 radical (unpaired) electrons. The zero-order valence-electron chi connectivity index (χ0n) is 20.1. The van der Waals surface area contributed by atoms with E-state index in [-0.39, 0.29) is 24.8 Å². The van der Waals surface area contributed by atoms with Gasteiger partial charge in [-0.3, -0.25) is 0 Å². The molecular weight excluding hydrogens is 425 g/mol. The van der Waals surface area contributed by atoms with Crippen molar-refractivity contribution in [2.45, 2.75) is 53.5 Å². The van der Waals surface area contributed by atoms with Gasteiger partial charge in [-0.2, -0.15) is 0 Å². The molecule has 0 fully saturated rings.